The average molecular weight is 388 g/mol. The number of sulfone groups is 1. The molecule has 1 unspecified atom stereocenters. The molecule has 1 fully saturated rings. The molecule has 7 heteroatoms. The molecular formula is C20H25N3O3S. The molecule has 144 valence electrons. The van der Waals surface area contributed by atoms with Gasteiger partial charge in [-0.3, -0.25) is 4.99 Å². The molecule has 27 heavy (non-hydrogen) atoms. The first-order chi connectivity index (χ1) is 13.0. The Kier molecular flexibility index (Phi) is 6.34. The fourth-order valence-corrected chi connectivity index (χ4v) is 4.59. The third-order valence-corrected chi connectivity index (χ3v) is 6.20. The summed E-state index contributed by atoms with van der Waals surface area (Å²) in [4.78, 5) is 4.17. The van der Waals surface area contributed by atoms with Gasteiger partial charge in [-0.1, -0.05) is 42.5 Å². The van der Waals surface area contributed by atoms with Gasteiger partial charge in [0.1, 0.15) is 12.4 Å². The van der Waals surface area contributed by atoms with Gasteiger partial charge in [-0.05, 0) is 29.7 Å². The van der Waals surface area contributed by atoms with E-state index in [0.717, 1.165) is 16.9 Å². The van der Waals surface area contributed by atoms with E-state index in [4.69, 9.17) is 4.74 Å². The van der Waals surface area contributed by atoms with E-state index in [1.165, 1.54) is 0 Å². The third kappa shape index (κ3) is 5.99. The van der Waals surface area contributed by atoms with Gasteiger partial charge in [0.15, 0.2) is 15.8 Å². The molecule has 1 aliphatic heterocycles. The molecule has 1 aliphatic rings. The minimum Gasteiger partial charge on any atom is -0.489 e. The predicted molar refractivity (Wildman–Crippen MR) is 108 cm³/mol. The summed E-state index contributed by atoms with van der Waals surface area (Å²) >= 11 is 0. The maximum atomic E-state index is 11.6. The first kappa shape index (κ1) is 19.2. The van der Waals surface area contributed by atoms with Crippen molar-refractivity contribution in [1.82, 2.24) is 10.6 Å². The van der Waals surface area contributed by atoms with E-state index < -0.39 is 9.84 Å². The number of benzene rings is 2. The minimum atomic E-state index is -2.90. The van der Waals surface area contributed by atoms with Crippen molar-refractivity contribution in [3.8, 4) is 5.75 Å². The summed E-state index contributed by atoms with van der Waals surface area (Å²) in [6.07, 6.45) is 0.624. The number of aliphatic imine (C=N–C) groups is 1. The van der Waals surface area contributed by atoms with Crippen molar-refractivity contribution in [2.24, 2.45) is 4.99 Å². The third-order valence-electron chi connectivity index (χ3n) is 4.43. The van der Waals surface area contributed by atoms with Crippen LogP contribution in [0.4, 0.5) is 0 Å². The molecule has 1 saturated heterocycles. The highest BCUT2D eigenvalue weighted by Gasteiger charge is 2.28. The highest BCUT2D eigenvalue weighted by molar-refractivity contribution is 7.91. The van der Waals surface area contributed by atoms with Crippen LogP contribution >= 0.6 is 0 Å². The maximum absolute atomic E-state index is 11.6. The molecule has 1 heterocycles. The summed E-state index contributed by atoms with van der Waals surface area (Å²) in [7, 11) is -1.22. The summed E-state index contributed by atoms with van der Waals surface area (Å²) in [5.41, 5.74) is 2.21. The maximum Gasteiger partial charge on any atom is 0.191 e. The van der Waals surface area contributed by atoms with Gasteiger partial charge in [0.25, 0.3) is 0 Å². The summed E-state index contributed by atoms with van der Waals surface area (Å²) in [6, 6.07) is 17.8. The summed E-state index contributed by atoms with van der Waals surface area (Å²) in [5.74, 6) is 1.89. The van der Waals surface area contributed by atoms with Crippen LogP contribution in [0.2, 0.25) is 0 Å². The van der Waals surface area contributed by atoms with Crippen LogP contribution in [0, 0.1) is 0 Å². The standard InChI is InChI=1S/C20H25N3O3S/c1-21-20(23-18-11-12-27(24,25)15-18)22-13-16-7-9-17(10-8-16)14-26-19-5-3-2-4-6-19/h2-10,18H,11-15H2,1H3,(H2,21,22,23). The van der Waals surface area contributed by atoms with Crippen LogP contribution < -0.4 is 15.4 Å². The van der Waals surface area contributed by atoms with E-state index >= 15 is 0 Å². The molecule has 0 bridgehead atoms. The Morgan fingerprint density at radius 1 is 1.11 bits per heavy atom. The van der Waals surface area contributed by atoms with Crippen molar-refractivity contribution in [3.63, 3.8) is 0 Å². The van der Waals surface area contributed by atoms with Gasteiger partial charge in [0.2, 0.25) is 0 Å². The number of para-hydroxylation sites is 1. The molecular weight excluding hydrogens is 362 g/mol. The number of rotatable bonds is 6. The number of hydrogen-bond donors (Lipinski definition) is 2. The van der Waals surface area contributed by atoms with Crippen LogP contribution in [-0.2, 0) is 23.0 Å². The van der Waals surface area contributed by atoms with Crippen LogP contribution in [0.5, 0.6) is 5.75 Å². The second-order valence-corrected chi connectivity index (χ2v) is 8.82. The van der Waals surface area contributed by atoms with Gasteiger partial charge in [-0.25, -0.2) is 8.42 Å². The molecule has 6 nitrogen and oxygen atoms in total. The Hall–Kier alpha value is -2.54. The molecule has 2 aromatic rings. The number of hydrogen-bond acceptors (Lipinski definition) is 4. The lowest BCUT2D eigenvalue weighted by molar-refractivity contribution is 0.306. The minimum absolute atomic E-state index is 0.0706. The number of nitrogens with one attached hydrogen (secondary N) is 2. The lowest BCUT2D eigenvalue weighted by atomic mass is 10.1. The highest BCUT2D eigenvalue weighted by Crippen LogP contribution is 2.13. The van der Waals surface area contributed by atoms with E-state index in [-0.39, 0.29) is 17.5 Å². The fourth-order valence-electron chi connectivity index (χ4n) is 2.92. The Bertz CT molecular complexity index is 865. The molecule has 0 aromatic heterocycles. The van der Waals surface area contributed by atoms with Gasteiger partial charge in [0, 0.05) is 19.6 Å². The number of nitrogens with zero attached hydrogens (tertiary/aromatic N) is 1. The molecule has 0 saturated carbocycles. The van der Waals surface area contributed by atoms with Crippen molar-refractivity contribution in [3.05, 3.63) is 65.7 Å². The van der Waals surface area contributed by atoms with Crippen LogP contribution in [0.3, 0.4) is 0 Å². The summed E-state index contributed by atoms with van der Waals surface area (Å²) < 4.78 is 28.9. The first-order valence-electron chi connectivity index (χ1n) is 8.97. The van der Waals surface area contributed by atoms with Crippen molar-refractivity contribution >= 4 is 15.8 Å². The van der Waals surface area contributed by atoms with Crippen LogP contribution in [0.15, 0.2) is 59.6 Å². The average Bonchev–Trinajstić information content (AvgIpc) is 3.03. The number of guanidine groups is 1. The Balaban J connectivity index is 1.46. The first-order valence-corrected chi connectivity index (χ1v) is 10.8. The van der Waals surface area contributed by atoms with Gasteiger partial charge in [-0.2, -0.15) is 0 Å². The van der Waals surface area contributed by atoms with E-state index in [9.17, 15) is 8.42 Å². The van der Waals surface area contributed by atoms with Crippen molar-refractivity contribution in [2.75, 3.05) is 18.6 Å². The van der Waals surface area contributed by atoms with E-state index in [0.29, 0.717) is 25.5 Å². The van der Waals surface area contributed by atoms with Crippen LogP contribution in [-0.4, -0.2) is 39.0 Å². The molecule has 0 radical (unpaired) electrons. The SMILES string of the molecule is CN=C(NCc1ccc(COc2ccccc2)cc1)NC1CCS(=O)(=O)C1. The zero-order valence-corrected chi connectivity index (χ0v) is 16.2. The monoisotopic (exact) mass is 387 g/mol. The molecule has 0 aliphatic carbocycles. The lowest BCUT2D eigenvalue weighted by Crippen LogP contribution is -2.43. The van der Waals surface area contributed by atoms with Crippen LogP contribution in [0.1, 0.15) is 17.5 Å². The van der Waals surface area contributed by atoms with E-state index in [2.05, 4.69) is 15.6 Å². The van der Waals surface area contributed by atoms with Crippen molar-refractivity contribution in [2.45, 2.75) is 25.6 Å². The summed E-state index contributed by atoms with van der Waals surface area (Å²) in [6.45, 7) is 1.13. The van der Waals surface area contributed by atoms with Gasteiger partial charge < -0.3 is 15.4 Å². The Morgan fingerprint density at radius 2 is 1.81 bits per heavy atom. The van der Waals surface area contributed by atoms with Crippen molar-refractivity contribution < 1.29 is 13.2 Å². The smallest absolute Gasteiger partial charge is 0.191 e. The molecule has 2 N–H and O–H groups in total. The normalized spacial score (nSPS) is 18.9. The van der Waals surface area contributed by atoms with Gasteiger partial charge >= 0.3 is 0 Å². The largest absolute Gasteiger partial charge is 0.489 e. The highest BCUT2D eigenvalue weighted by atomic mass is 32.2. The van der Waals surface area contributed by atoms with Gasteiger partial charge in [-0.15, -0.1) is 0 Å². The van der Waals surface area contributed by atoms with Crippen LogP contribution in [0.25, 0.3) is 0 Å². The number of ether oxygens (including phenoxy) is 1. The summed E-state index contributed by atoms with van der Waals surface area (Å²) in [5, 5.41) is 6.41. The van der Waals surface area contributed by atoms with Gasteiger partial charge in [0.05, 0.1) is 11.5 Å². The quantitative estimate of drug-likeness (QED) is 0.586. The zero-order valence-electron chi connectivity index (χ0n) is 15.4. The molecule has 0 spiro atoms. The zero-order chi connectivity index (χ0) is 19.1. The van der Waals surface area contributed by atoms with E-state index in [1.807, 2.05) is 54.6 Å². The second kappa shape index (κ2) is 8.90. The van der Waals surface area contributed by atoms with Crippen molar-refractivity contribution in [1.29, 1.82) is 0 Å². The lowest BCUT2D eigenvalue weighted by Gasteiger charge is -2.16. The molecule has 1 atom stereocenters. The fraction of sp³-hybridized carbons (Fsp3) is 0.350. The topological polar surface area (TPSA) is 79.8 Å². The molecule has 3 rings (SSSR count). The second-order valence-electron chi connectivity index (χ2n) is 6.59. The Morgan fingerprint density at radius 3 is 2.44 bits per heavy atom. The van der Waals surface area contributed by atoms with E-state index in [1.54, 1.807) is 7.05 Å². The predicted octanol–water partition coefficient (Wildman–Crippen LogP) is 2.12. The molecule has 2 aromatic carbocycles. The Labute approximate surface area is 160 Å². The molecule has 0 amide bonds.